The maximum Gasteiger partial charge on any atom is 0.191 e. The minimum Gasteiger partial charge on any atom is -0.497 e. The Bertz CT molecular complexity index is 895. The fourth-order valence-electron chi connectivity index (χ4n) is 2.83. The van der Waals surface area contributed by atoms with Gasteiger partial charge in [-0.2, -0.15) is 5.10 Å². The van der Waals surface area contributed by atoms with Crippen LogP contribution in [0.1, 0.15) is 23.6 Å². The van der Waals surface area contributed by atoms with Crippen molar-refractivity contribution in [1.82, 2.24) is 20.4 Å². The third-order valence-corrected chi connectivity index (χ3v) is 4.23. The van der Waals surface area contributed by atoms with Crippen molar-refractivity contribution in [3.05, 3.63) is 83.7 Å². The molecule has 1 heterocycles. The summed E-state index contributed by atoms with van der Waals surface area (Å²) >= 11 is 0. The maximum atomic E-state index is 5.28. The van der Waals surface area contributed by atoms with Gasteiger partial charge in [0.15, 0.2) is 5.96 Å². The van der Waals surface area contributed by atoms with Crippen LogP contribution in [-0.4, -0.2) is 29.4 Å². The van der Waals surface area contributed by atoms with Crippen molar-refractivity contribution in [3.63, 3.8) is 0 Å². The normalized spacial score (nSPS) is 10.9. The van der Waals surface area contributed by atoms with Gasteiger partial charge in [0.1, 0.15) is 5.75 Å². The molecule has 0 aliphatic carbocycles. The van der Waals surface area contributed by atoms with E-state index in [1.54, 1.807) is 7.11 Å². The second-order valence-electron chi connectivity index (χ2n) is 6.43. The molecule has 3 rings (SSSR count). The number of nitrogens with zero attached hydrogens (tertiary/aromatic N) is 3. The number of aromatic nitrogens is 2. The average molecular weight is 505 g/mol. The molecule has 6 nitrogen and oxygen atoms in total. The van der Waals surface area contributed by atoms with E-state index < -0.39 is 0 Å². The number of rotatable bonds is 8. The fraction of sp³-hybridized carbons (Fsp3) is 0.273. The summed E-state index contributed by atoms with van der Waals surface area (Å²) in [6.07, 6.45) is 3.92. The Balaban J connectivity index is 0.00000300. The number of hydrogen-bond donors (Lipinski definition) is 2. The standard InChI is InChI=1S/C22H27N5O.HI/c1-3-23-22(24-13-19-10-7-11-21(12-19)28-2)25-14-20-15-26-27(17-20)16-18-8-5-4-6-9-18;/h4-12,15,17H,3,13-14,16H2,1-2H3,(H2,23,24,25);1H. The molecule has 0 bridgehead atoms. The molecule has 3 aromatic rings. The summed E-state index contributed by atoms with van der Waals surface area (Å²) in [5.41, 5.74) is 3.45. The first-order valence-electron chi connectivity index (χ1n) is 9.47. The molecular weight excluding hydrogens is 477 g/mol. The largest absolute Gasteiger partial charge is 0.497 e. The molecule has 0 atom stereocenters. The summed E-state index contributed by atoms with van der Waals surface area (Å²) < 4.78 is 7.22. The smallest absolute Gasteiger partial charge is 0.191 e. The third kappa shape index (κ3) is 7.41. The molecular formula is C22H28IN5O. The van der Waals surface area contributed by atoms with Crippen molar-refractivity contribution in [2.24, 2.45) is 4.99 Å². The minimum atomic E-state index is 0. The quantitative estimate of drug-likeness (QED) is 0.278. The van der Waals surface area contributed by atoms with Crippen LogP contribution in [0.15, 0.2) is 72.0 Å². The van der Waals surface area contributed by atoms with E-state index in [0.29, 0.717) is 13.1 Å². The Labute approximate surface area is 189 Å². The lowest BCUT2D eigenvalue weighted by molar-refractivity contribution is 0.414. The topological polar surface area (TPSA) is 63.5 Å². The van der Waals surface area contributed by atoms with Crippen LogP contribution in [0.2, 0.25) is 0 Å². The number of hydrogen-bond acceptors (Lipinski definition) is 3. The number of guanidine groups is 1. The Hall–Kier alpha value is -2.55. The van der Waals surface area contributed by atoms with Gasteiger partial charge >= 0.3 is 0 Å². The zero-order chi connectivity index (χ0) is 19.6. The number of aliphatic imine (C=N–C) groups is 1. The molecule has 0 spiro atoms. The summed E-state index contributed by atoms with van der Waals surface area (Å²) in [7, 11) is 1.68. The van der Waals surface area contributed by atoms with Gasteiger partial charge in [-0.05, 0) is 30.2 Å². The van der Waals surface area contributed by atoms with Gasteiger partial charge in [0.05, 0.1) is 26.4 Å². The van der Waals surface area contributed by atoms with Crippen molar-refractivity contribution in [1.29, 1.82) is 0 Å². The zero-order valence-corrected chi connectivity index (χ0v) is 19.2. The molecule has 0 radical (unpaired) electrons. The van der Waals surface area contributed by atoms with Gasteiger partial charge in [-0.3, -0.25) is 4.68 Å². The summed E-state index contributed by atoms with van der Waals surface area (Å²) in [5.74, 6) is 1.63. The second kappa shape index (κ2) is 12.1. The Kier molecular flexibility index (Phi) is 9.49. The summed E-state index contributed by atoms with van der Waals surface area (Å²) in [6.45, 7) is 4.87. The molecule has 7 heteroatoms. The predicted molar refractivity (Wildman–Crippen MR) is 128 cm³/mol. The van der Waals surface area contributed by atoms with Gasteiger partial charge in [0, 0.05) is 24.8 Å². The highest BCUT2D eigenvalue weighted by Gasteiger charge is 2.02. The van der Waals surface area contributed by atoms with Gasteiger partial charge in [-0.15, -0.1) is 24.0 Å². The van der Waals surface area contributed by atoms with E-state index in [4.69, 9.17) is 4.74 Å². The molecule has 29 heavy (non-hydrogen) atoms. The molecule has 154 valence electrons. The van der Waals surface area contributed by atoms with E-state index >= 15 is 0 Å². The van der Waals surface area contributed by atoms with Crippen molar-refractivity contribution in [2.45, 2.75) is 26.6 Å². The van der Waals surface area contributed by atoms with Gasteiger partial charge < -0.3 is 15.4 Å². The fourth-order valence-corrected chi connectivity index (χ4v) is 2.83. The Morgan fingerprint density at radius 1 is 1.03 bits per heavy atom. The van der Waals surface area contributed by atoms with Crippen molar-refractivity contribution < 1.29 is 4.74 Å². The van der Waals surface area contributed by atoms with Gasteiger partial charge in [0.2, 0.25) is 0 Å². The molecule has 2 aromatic carbocycles. The zero-order valence-electron chi connectivity index (χ0n) is 16.8. The van der Waals surface area contributed by atoms with E-state index in [1.807, 2.05) is 53.5 Å². The van der Waals surface area contributed by atoms with E-state index in [0.717, 1.165) is 35.9 Å². The molecule has 1 aromatic heterocycles. The van der Waals surface area contributed by atoms with Crippen LogP contribution in [0, 0.1) is 0 Å². The predicted octanol–water partition coefficient (Wildman–Crippen LogP) is 3.81. The summed E-state index contributed by atoms with van der Waals surface area (Å²) in [5, 5.41) is 11.1. The van der Waals surface area contributed by atoms with Crippen LogP contribution in [-0.2, 0) is 19.6 Å². The number of nitrogens with one attached hydrogen (secondary N) is 2. The SMILES string of the molecule is CCNC(=NCc1cnn(Cc2ccccc2)c1)NCc1cccc(OC)c1.I. The highest BCUT2D eigenvalue weighted by atomic mass is 127. The second-order valence-corrected chi connectivity index (χ2v) is 6.43. The van der Waals surface area contributed by atoms with Crippen molar-refractivity contribution in [3.8, 4) is 5.75 Å². The maximum absolute atomic E-state index is 5.28. The number of methoxy groups -OCH3 is 1. The number of halogens is 1. The Morgan fingerprint density at radius 2 is 1.83 bits per heavy atom. The van der Waals surface area contributed by atoms with Crippen LogP contribution in [0.4, 0.5) is 0 Å². The van der Waals surface area contributed by atoms with E-state index in [1.165, 1.54) is 5.56 Å². The van der Waals surface area contributed by atoms with Crippen LogP contribution in [0.3, 0.4) is 0 Å². The molecule has 0 saturated heterocycles. The summed E-state index contributed by atoms with van der Waals surface area (Å²) in [6, 6.07) is 18.3. The first-order chi connectivity index (χ1) is 13.8. The number of ether oxygens (including phenoxy) is 1. The van der Waals surface area contributed by atoms with Gasteiger partial charge in [0.25, 0.3) is 0 Å². The van der Waals surface area contributed by atoms with Crippen molar-refractivity contribution >= 4 is 29.9 Å². The molecule has 2 N–H and O–H groups in total. The lowest BCUT2D eigenvalue weighted by Gasteiger charge is -2.11. The average Bonchev–Trinajstić information content (AvgIpc) is 3.18. The van der Waals surface area contributed by atoms with Crippen LogP contribution in [0.5, 0.6) is 5.75 Å². The molecule has 0 saturated carbocycles. The lowest BCUT2D eigenvalue weighted by atomic mass is 10.2. The molecule has 0 unspecified atom stereocenters. The van der Waals surface area contributed by atoms with Crippen LogP contribution >= 0.6 is 24.0 Å². The van der Waals surface area contributed by atoms with Gasteiger partial charge in [-0.1, -0.05) is 42.5 Å². The Morgan fingerprint density at radius 3 is 2.59 bits per heavy atom. The van der Waals surface area contributed by atoms with E-state index in [9.17, 15) is 0 Å². The first-order valence-corrected chi connectivity index (χ1v) is 9.47. The lowest BCUT2D eigenvalue weighted by Crippen LogP contribution is -2.36. The highest BCUT2D eigenvalue weighted by Crippen LogP contribution is 2.12. The molecule has 0 aliphatic heterocycles. The minimum absolute atomic E-state index is 0. The molecule has 0 amide bonds. The highest BCUT2D eigenvalue weighted by molar-refractivity contribution is 14.0. The van der Waals surface area contributed by atoms with Crippen molar-refractivity contribution in [2.75, 3.05) is 13.7 Å². The first kappa shape index (κ1) is 22.7. The van der Waals surface area contributed by atoms with Crippen LogP contribution in [0.25, 0.3) is 0 Å². The molecule has 0 aliphatic rings. The van der Waals surface area contributed by atoms with Crippen LogP contribution < -0.4 is 15.4 Å². The summed E-state index contributed by atoms with van der Waals surface area (Å²) in [4.78, 5) is 4.67. The van der Waals surface area contributed by atoms with E-state index in [2.05, 4.69) is 45.8 Å². The monoisotopic (exact) mass is 505 g/mol. The third-order valence-electron chi connectivity index (χ3n) is 4.23. The van der Waals surface area contributed by atoms with E-state index in [-0.39, 0.29) is 24.0 Å². The van der Waals surface area contributed by atoms with Gasteiger partial charge in [-0.25, -0.2) is 4.99 Å². The number of benzene rings is 2. The molecule has 0 fully saturated rings.